The lowest BCUT2D eigenvalue weighted by Gasteiger charge is -2.11. The molecule has 0 aliphatic carbocycles. The summed E-state index contributed by atoms with van der Waals surface area (Å²) in [6.07, 6.45) is 0. The van der Waals surface area contributed by atoms with Gasteiger partial charge in [-0.05, 0) is 24.3 Å². The van der Waals surface area contributed by atoms with E-state index in [1.807, 2.05) is 0 Å². The molecule has 0 atom stereocenters. The first kappa shape index (κ1) is 12.9. The van der Waals surface area contributed by atoms with E-state index in [2.05, 4.69) is 0 Å². The molecule has 0 aliphatic heterocycles. The second-order valence-corrected chi connectivity index (χ2v) is 4.30. The van der Waals surface area contributed by atoms with Crippen LogP contribution < -0.4 is 10.5 Å². The molecule has 0 aliphatic rings. The molecule has 0 unspecified atom stereocenters. The molecule has 0 heterocycles. The Morgan fingerprint density at radius 1 is 1.00 bits per heavy atom. The Morgan fingerprint density at radius 2 is 1.61 bits per heavy atom. The quantitative estimate of drug-likeness (QED) is 0.817. The second-order valence-electron chi connectivity index (χ2n) is 3.49. The van der Waals surface area contributed by atoms with E-state index >= 15 is 0 Å². The molecule has 2 aromatic carbocycles. The maximum Gasteiger partial charge on any atom is 0.166 e. The molecule has 0 saturated carbocycles. The summed E-state index contributed by atoms with van der Waals surface area (Å²) in [6.45, 7) is 0. The van der Waals surface area contributed by atoms with Gasteiger partial charge in [-0.25, -0.2) is 8.78 Å². The Labute approximate surface area is 112 Å². The number of halogens is 4. The Hall–Kier alpha value is -1.52. The van der Waals surface area contributed by atoms with Crippen molar-refractivity contribution < 1.29 is 13.5 Å². The predicted molar refractivity (Wildman–Crippen MR) is 67.3 cm³/mol. The van der Waals surface area contributed by atoms with Crippen LogP contribution in [0.15, 0.2) is 30.3 Å². The fourth-order valence-corrected chi connectivity index (χ4v) is 1.92. The first-order valence-corrected chi connectivity index (χ1v) is 5.60. The van der Waals surface area contributed by atoms with E-state index in [1.165, 1.54) is 12.1 Å². The lowest BCUT2D eigenvalue weighted by Crippen LogP contribution is -1.93. The molecule has 0 amide bonds. The van der Waals surface area contributed by atoms with Crippen LogP contribution in [0.3, 0.4) is 0 Å². The SMILES string of the molecule is Nc1cc(Cl)c(Oc2cc(F)ccc2F)c(Cl)c1. The zero-order chi connectivity index (χ0) is 13.3. The van der Waals surface area contributed by atoms with Crippen molar-refractivity contribution in [1.29, 1.82) is 0 Å². The van der Waals surface area contributed by atoms with Crippen molar-refractivity contribution in [3.63, 3.8) is 0 Å². The molecule has 0 radical (unpaired) electrons. The van der Waals surface area contributed by atoms with Gasteiger partial charge < -0.3 is 10.5 Å². The molecular weight excluding hydrogens is 283 g/mol. The molecule has 2 nitrogen and oxygen atoms in total. The van der Waals surface area contributed by atoms with Gasteiger partial charge in [0.2, 0.25) is 0 Å². The molecule has 0 fully saturated rings. The Bertz CT molecular complexity index is 582. The molecule has 0 spiro atoms. The normalized spacial score (nSPS) is 10.4. The number of anilines is 1. The zero-order valence-electron chi connectivity index (χ0n) is 8.88. The van der Waals surface area contributed by atoms with Crippen molar-refractivity contribution in [1.82, 2.24) is 0 Å². The molecule has 94 valence electrons. The lowest BCUT2D eigenvalue weighted by molar-refractivity contribution is 0.437. The molecule has 0 bridgehead atoms. The third-order valence-corrected chi connectivity index (χ3v) is 2.69. The molecule has 2 N–H and O–H groups in total. The van der Waals surface area contributed by atoms with Crippen molar-refractivity contribution in [3.8, 4) is 11.5 Å². The van der Waals surface area contributed by atoms with Crippen molar-refractivity contribution in [3.05, 3.63) is 52.0 Å². The summed E-state index contributed by atoms with van der Waals surface area (Å²) in [4.78, 5) is 0. The van der Waals surface area contributed by atoms with E-state index in [4.69, 9.17) is 33.7 Å². The van der Waals surface area contributed by atoms with Crippen LogP contribution in [0.2, 0.25) is 10.0 Å². The third-order valence-electron chi connectivity index (χ3n) is 2.13. The highest BCUT2D eigenvalue weighted by molar-refractivity contribution is 6.37. The molecule has 2 aromatic rings. The summed E-state index contributed by atoms with van der Waals surface area (Å²) >= 11 is 11.7. The largest absolute Gasteiger partial charge is 0.451 e. The van der Waals surface area contributed by atoms with Gasteiger partial charge in [-0.1, -0.05) is 23.2 Å². The van der Waals surface area contributed by atoms with Crippen LogP contribution in [-0.2, 0) is 0 Å². The van der Waals surface area contributed by atoms with Crippen LogP contribution in [0.25, 0.3) is 0 Å². The van der Waals surface area contributed by atoms with Crippen molar-refractivity contribution in [2.45, 2.75) is 0 Å². The van der Waals surface area contributed by atoms with Gasteiger partial charge in [-0.3, -0.25) is 0 Å². The zero-order valence-corrected chi connectivity index (χ0v) is 10.4. The Morgan fingerprint density at radius 3 is 2.22 bits per heavy atom. The highest BCUT2D eigenvalue weighted by atomic mass is 35.5. The fourth-order valence-electron chi connectivity index (χ4n) is 1.34. The van der Waals surface area contributed by atoms with Crippen LogP contribution in [0, 0.1) is 11.6 Å². The highest BCUT2D eigenvalue weighted by Gasteiger charge is 2.13. The Balaban J connectivity index is 2.43. The molecule has 2 rings (SSSR count). The summed E-state index contributed by atoms with van der Waals surface area (Å²) in [5.74, 6) is -1.63. The molecule has 18 heavy (non-hydrogen) atoms. The molecule has 6 heteroatoms. The maximum absolute atomic E-state index is 13.4. The average Bonchev–Trinajstić information content (AvgIpc) is 2.28. The number of benzene rings is 2. The first-order chi connectivity index (χ1) is 8.47. The van der Waals surface area contributed by atoms with E-state index in [0.717, 1.165) is 18.2 Å². The fraction of sp³-hybridized carbons (Fsp3) is 0. The highest BCUT2D eigenvalue weighted by Crippen LogP contribution is 2.38. The standard InChI is InChI=1S/C12H7Cl2F2NO/c13-8-4-7(17)5-9(14)12(8)18-11-3-6(15)1-2-10(11)16/h1-5H,17H2. The van der Waals surface area contributed by atoms with E-state index in [1.54, 1.807) is 0 Å². The number of ether oxygens (including phenoxy) is 1. The van der Waals surface area contributed by atoms with E-state index in [0.29, 0.717) is 5.69 Å². The maximum atomic E-state index is 13.4. The van der Waals surface area contributed by atoms with E-state index < -0.39 is 11.6 Å². The van der Waals surface area contributed by atoms with Gasteiger partial charge in [0.15, 0.2) is 17.3 Å². The van der Waals surface area contributed by atoms with Gasteiger partial charge in [0.25, 0.3) is 0 Å². The lowest BCUT2D eigenvalue weighted by atomic mass is 10.3. The van der Waals surface area contributed by atoms with Gasteiger partial charge in [0.05, 0.1) is 10.0 Å². The van der Waals surface area contributed by atoms with E-state index in [9.17, 15) is 8.78 Å². The van der Waals surface area contributed by atoms with Crippen LogP contribution in [0.4, 0.5) is 14.5 Å². The van der Waals surface area contributed by atoms with Gasteiger partial charge in [-0.2, -0.15) is 0 Å². The Kier molecular flexibility index (Phi) is 3.59. The van der Waals surface area contributed by atoms with Crippen molar-refractivity contribution in [2.24, 2.45) is 0 Å². The van der Waals surface area contributed by atoms with Gasteiger partial charge >= 0.3 is 0 Å². The van der Waals surface area contributed by atoms with Crippen LogP contribution >= 0.6 is 23.2 Å². The minimum absolute atomic E-state index is 0.0250. The topological polar surface area (TPSA) is 35.2 Å². The monoisotopic (exact) mass is 289 g/mol. The number of nitrogen functional groups attached to an aromatic ring is 1. The molecular formula is C12H7Cl2F2NO. The number of nitrogens with two attached hydrogens (primary N) is 1. The predicted octanol–water partition coefficient (Wildman–Crippen LogP) is 4.65. The third kappa shape index (κ3) is 2.66. The summed E-state index contributed by atoms with van der Waals surface area (Å²) < 4.78 is 31.6. The molecule has 0 saturated heterocycles. The van der Waals surface area contributed by atoms with Crippen molar-refractivity contribution >= 4 is 28.9 Å². The first-order valence-electron chi connectivity index (χ1n) is 4.85. The molecule has 0 aromatic heterocycles. The summed E-state index contributed by atoms with van der Waals surface area (Å²) in [7, 11) is 0. The van der Waals surface area contributed by atoms with Crippen LogP contribution in [0.1, 0.15) is 0 Å². The van der Waals surface area contributed by atoms with E-state index in [-0.39, 0.29) is 21.5 Å². The van der Waals surface area contributed by atoms with Crippen LogP contribution in [0.5, 0.6) is 11.5 Å². The minimum Gasteiger partial charge on any atom is -0.451 e. The van der Waals surface area contributed by atoms with Gasteiger partial charge in [-0.15, -0.1) is 0 Å². The summed E-state index contributed by atoms with van der Waals surface area (Å²) in [5.41, 5.74) is 5.86. The smallest absolute Gasteiger partial charge is 0.166 e. The van der Waals surface area contributed by atoms with Crippen molar-refractivity contribution in [2.75, 3.05) is 5.73 Å². The number of hydrogen-bond donors (Lipinski definition) is 1. The summed E-state index contributed by atoms with van der Waals surface area (Å²) in [5, 5.41) is 0.229. The van der Waals surface area contributed by atoms with Gasteiger partial charge in [0, 0.05) is 11.8 Å². The van der Waals surface area contributed by atoms with Gasteiger partial charge in [0.1, 0.15) is 5.82 Å². The second kappa shape index (κ2) is 5.00. The number of hydrogen-bond acceptors (Lipinski definition) is 2. The average molecular weight is 290 g/mol. The minimum atomic E-state index is -0.722. The van der Waals surface area contributed by atoms with Crippen LogP contribution in [-0.4, -0.2) is 0 Å². The number of rotatable bonds is 2. The summed E-state index contributed by atoms with van der Waals surface area (Å²) in [6, 6.07) is 5.64.